The SMILES string of the molecule is CCNC(=NCC(O)c1cc2ccccc2s1)NCCCOCC1CCOC1. The van der Waals surface area contributed by atoms with Crippen molar-refractivity contribution in [3.8, 4) is 0 Å². The molecule has 0 amide bonds. The van der Waals surface area contributed by atoms with Crippen LogP contribution in [-0.2, 0) is 9.47 Å². The van der Waals surface area contributed by atoms with Crippen molar-refractivity contribution in [1.82, 2.24) is 10.6 Å². The highest BCUT2D eigenvalue weighted by atomic mass is 32.1. The van der Waals surface area contributed by atoms with Crippen molar-refractivity contribution in [3.63, 3.8) is 0 Å². The first kappa shape index (κ1) is 21.0. The molecule has 3 rings (SSSR count). The largest absolute Gasteiger partial charge is 0.386 e. The Morgan fingerprint density at radius 1 is 1.39 bits per heavy atom. The highest BCUT2D eigenvalue weighted by molar-refractivity contribution is 7.19. The van der Waals surface area contributed by atoms with Crippen LogP contribution in [0.2, 0.25) is 0 Å². The third-order valence-corrected chi connectivity index (χ3v) is 5.89. The van der Waals surface area contributed by atoms with Crippen molar-refractivity contribution in [2.45, 2.75) is 25.9 Å². The van der Waals surface area contributed by atoms with E-state index in [2.05, 4.69) is 27.8 Å². The van der Waals surface area contributed by atoms with Crippen LogP contribution in [0.4, 0.5) is 0 Å². The Kier molecular flexibility index (Phi) is 8.54. The van der Waals surface area contributed by atoms with Gasteiger partial charge >= 0.3 is 0 Å². The van der Waals surface area contributed by atoms with E-state index in [4.69, 9.17) is 9.47 Å². The van der Waals surface area contributed by atoms with Gasteiger partial charge in [0.1, 0.15) is 6.10 Å². The molecule has 0 radical (unpaired) electrons. The van der Waals surface area contributed by atoms with Crippen molar-refractivity contribution >= 4 is 27.4 Å². The number of guanidine groups is 1. The van der Waals surface area contributed by atoms with Gasteiger partial charge in [-0.05, 0) is 37.3 Å². The average Bonchev–Trinajstić information content (AvgIpc) is 3.37. The van der Waals surface area contributed by atoms with Gasteiger partial charge in [-0.2, -0.15) is 0 Å². The molecule has 0 saturated carbocycles. The number of hydrogen-bond donors (Lipinski definition) is 3. The van der Waals surface area contributed by atoms with Crippen LogP contribution in [0.25, 0.3) is 10.1 Å². The van der Waals surface area contributed by atoms with Crippen molar-refractivity contribution < 1.29 is 14.6 Å². The summed E-state index contributed by atoms with van der Waals surface area (Å²) in [4.78, 5) is 5.48. The van der Waals surface area contributed by atoms with Crippen LogP contribution in [0.15, 0.2) is 35.3 Å². The maximum absolute atomic E-state index is 10.5. The highest BCUT2D eigenvalue weighted by Crippen LogP contribution is 2.29. The Bertz CT molecular complexity index is 710. The molecule has 6 nitrogen and oxygen atoms in total. The molecule has 0 spiro atoms. The van der Waals surface area contributed by atoms with E-state index >= 15 is 0 Å². The lowest BCUT2D eigenvalue weighted by atomic mass is 10.1. The molecular formula is C21H31N3O3S. The molecule has 3 N–H and O–H groups in total. The third-order valence-electron chi connectivity index (χ3n) is 4.68. The van der Waals surface area contributed by atoms with Gasteiger partial charge in [0, 0.05) is 41.8 Å². The summed E-state index contributed by atoms with van der Waals surface area (Å²) in [5.41, 5.74) is 0. The lowest BCUT2D eigenvalue weighted by molar-refractivity contribution is 0.0888. The molecule has 1 aliphatic heterocycles. The number of ether oxygens (including phenoxy) is 2. The van der Waals surface area contributed by atoms with Gasteiger partial charge < -0.3 is 25.2 Å². The minimum atomic E-state index is -0.593. The predicted octanol–water partition coefficient (Wildman–Crippen LogP) is 2.93. The molecule has 1 fully saturated rings. The molecule has 1 aromatic heterocycles. The molecule has 2 atom stereocenters. The monoisotopic (exact) mass is 405 g/mol. The van der Waals surface area contributed by atoms with Gasteiger partial charge in [0.2, 0.25) is 0 Å². The minimum absolute atomic E-state index is 0.334. The Hall–Kier alpha value is -1.67. The van der Waals surface area contributed by atoms with E-state index in [1.165, 1.54) is 10.1 Å². The second kappa shape index (κ2) is 11.4. The average molecular weight is 406 g/mol. The lowest BCUT2D eigenvalue weighted by Gasteiger charge is -2.13. The second-order valence-electron chi connectivity index (χ2n) is 7.01. The molecule has 1 saturated heterocycles. The number of aliphatic hydroxyl groups is 1. The van der Waals surface area contributed by atoms with Gasteiger partial charge in [-0.1, -0.05) is 18.2 Å². The van der Waals surface area contributed by atoms with Crippen molar-refractivity contribution in [2.24, 2.45) is 10.9 Å². The predicted molar refractivity (Wildman–Crippen MR) is 115 cm³/mol. The first-order valence-electron chi connectivity index (χ1n) is 10.1. The van der Waals surface area contributed by atoms with Crippen LogP contribution in [0, 0.1) is 5.92 Å². The zero-order valence-electron chi connectivity index (χ0n) is 16.5. The smallest absolute Gasteiger partial charge is 0.191 e. The molecule has 2 unspecified atom stereocenters. The van der Waals surface area contributed by atoms with Crippen LogP contribution in [-0.4, -0.2) is 57.1 Å². The lowest BCUT2D eigenvalue weighted by Crippen LogP contribution is -2.38. The molecule has 0 aliphatic carbocycles. The van der Waals surface area contributed by atoms with E-state index in [0.717, 1.165) is 63.2 Å². The quantitative estimate of drug-likeness (QED) is 0.322. The van der Waals surface area contributed by atoms with E-state index in [1.54, 1.807) is 11.3 Å². The number of rotatable bonds is 10. The molecule has 1 aliphatic rings. The molecular weight excluding hydrogens is 374 g/mol. The fraction of sp³-hybridized carbons (Fsp3) is 0.571. The number of fused-ring (bicyclic) bond motifs is 1. The summed E-state index contributed by atoms with van der Waals surface area (Å²) in [5.74, 6) is 1.29. The van der Waals surface area contributed by atoms with E-state index in [9.17, 15) is 5.11 Å². The van der Waals surface area contributed by atoms with Gasteiger partial charge in [-0.15, -0.1) is 11.3 Å². The highest BCUT2D eigenvalue weighted by Gasteiger charge is 2.15. The molecule has 1 aromatic carbocycles. The summed E-state index contributed by atoms with van der Waals surface area (Å²) in [6, 6.07) is 10.2. The number of thiophene rings is 1. The Balaban J connectivity index is 1.40. The fourth-order valence-corrected chi connectivity index (χ4v) is 4.16. The Morgan fingerprint density at radius 2 is 2.29 bits per heavy atom. The van der Waals surface area contributed by atoms with Crippen LogP contribution in [0.1, 0.15) is 30.7 Å². The maximum Gasteiger partial charge on any atom is 0.191 e. The number of aliphatic hydroxyl groups excluding tert-OH is 1. The second-order valence-corrected chi connectivity index (χ2v) is 8.12. The summed E-state index contributed by atoms with van der Waals surface area (Å²) < 4.78 is 12.3. The Morgan fingerprint density at radius 3 is 3.07 bits per heavy atom. The number of hydrogen-bond acceptors (Lipinski definition) is 5. The van der Waals surface area contributed by atoms with Crippen molar-refractivity contribution in [3.05, 3.63) is 35.2 Å². The minimum Gasteiger partial charge on any atom is -0.386 e. The zero-order chi connectivity index (χ0) is 19.6. The van der Waals surface area contributed by atoms with Crippen LogP contribution in [0.5, 0.6) is 0 Å². The van der Waals surface area contributed by atoms with Crippen molar-refractivity contribution in [2.75, 3.05) is 46.1 Å². The normalized spacial score (nSPS) is 18.5. The van der Waals surface area contributed by atoms with E-state index in [-0.39, 0.29) is 0 Å². The Labute approximate surface area is 171 Å². The van der Waals surface area contributed by atoms with E-state index in [0.29, 0.717) is 12.5 Å². The summed E-state index contributed by atoms with van der Waals surface area (Å²) in [7, 11) is 0. The third kappa shape index (κ3) is 6.44. The van der Waals surface area contributed by atoms with Crippen LogP contribution >= 0.6 is 11.3 Å². The summed E-state index contributed by atoms with van der Waals surface area (Å²) >= 11 is 1.62. The number of benzene rings is 1. The number of nitrogens with zero attached hydrogens (tertiary/aromatic N) is 1. The first-order valence-corrected chi connectivity index (χ1v) is 10.9. The summed E-state index contributed by atoms with van der Waals surface area (Å²) in [6.45, 7) is 7.15. The number of nitrogens with one attached hydrogen (secondary N) is 2. The summed E-state index contributed by atoms with van der Waals surface area (Å²) in [6.07, 6.45) is 1.43. The van der Waals surface area contributed by atoms with Crippen LogP contribution < -0.4 is 10.6 Å². The van der Waals surface area contributed by atoms with E-state index in [1.807, 2.05) is 25.1 Å². The fourth-order valence-electron chi connectivity index (χ4n) is 3.12. The van der Waals surface area contributed by atoms with Crippen LogP contribution in [0.3, 0.4) is 0 Å². The molecule has 154 valence electrons. The maximum atomic E-state index is 10.5. The standard InChI is InChI=1S/C21H31N3O3S/c1-2-22-21(23-9-5-10-26-14-16-8-11-27-15-16)24-13-18(25)20-12-17-6-3-4-7-19(17)28-20/h3-4,6-7,12,16,18,25H,2,5,8-11,13-15H2,1H3,(H2,22,23,24). The van der Waals surface area contributed by atoms with Crippen molar-refractivity contribution in [1.29, 1.82) is 0 Å². The molecule has 7 heteroatoms. The topological polar surface area (TPSA) is 75.1 Å². The molecule has 0 bridgehead atoms. The summed E-state index contributed by atoms with van der Waals surface area (Å²) in [5, 5.41) is 18.2. The van der Waals surface area contributed by atoms with Gasteiger partial charge in [-0.3, -0.25) is 4.99 Å². The molecule has 2 heterocycles. The van der Waals surface area contributed by atoms with Gasteiger partial charge in [-0.25, -0.2) is 0 Å². The number of aliphatic imine (C=N–C) groups is 1. The van der Waals surface area contributed by atoms with Gasteiger partial charge in [0.25, 0.3) is 0 Å². The molecule has 28 heavy (non-hydrogen) atoms. The van der Waals surface area contributed by atoms with Gasteiger partial charge in [0.05, 0.1) is 19.8 Å². The first-order chi connectivity index (χ1) is 13.8. The van der Waals surface area contributed by atoms with E-state index < -0.39 is 6.10 Å². The molecule has 2 aromatic rings. The zero-order valence-corrected chi connectivity index (χ0v) is 17.3. The van der Waals surface area contributed by atoms with Gasteiger partial charge in [0.15, 0.2) is 5.96 Å².